The molecule has 0 fully saturated rings. The Morgan fingerprint density at radius 2 is 2.00 bits per heavy atom. The monoisotopic (exact) mass is 501 g/mol. The average molecular weight is 502 g/mol. The zero-order valence-electron chi connectivity index (χ0n) is 19.4. The first-order chi connectivity index (χ1) is 16.2. The molecule has 1 aliphatic heterocycles. The van der Waals surface area contributed by atoms with Crippen LogP contribution in [0.5, 0.6) is 0 Å². The lowest BCUT2D eigenvalue weighted by Gasteiger charge is -2.34. The van der Waals surface area contributed by atoms with Crippen LogP contribution >= 0.6 is 11.6 Å². The van der Waals surface area contributed by atoms with Crippen LogP contribution in [0.15, 0.2) is 53.8 Å². The highest BCUT2D eigenvalue weighted by atomic mass is 35.5. The number of rotatable bonds is 6. The van der Waals surface area contributed by atoms with Gasteiger partial charge in [-0.2, -0.15) is 5.10 Å². The Bertz CT molecular complexity index is 1290. The largest absolute Gasteiger partial charge is 0.331 e. The van der Waals surface area contributed by atoms with Crippen LogP contribution in [-0.4, -0.2) is 41.5 Å². The number of nitrogens with zero attached hydrogens (tertiary/aromatic N) is 4. The van der Waals surface area contributed by atoms with Gasteiger partial charge in [-0.25, -0.2) is 22.9 Å². The van der Waals surface area contributed by atoms with Crippen molar-refractivity contribution >= 4 is 33.2 Å². The second-order valence-corrected chi connectivity index (χ2v) is 11.0. The second kappa shape index (κ2) is 9.76. The number of carbonyl (C=O) groups is 1. The number of carbonyl (C=O) groups excluding carboxylic acids is 1. The van der Waals surface area contributed by atoms with E-state index in [4.69, 9.17) is 11.6 Å². The molecule has 1 aliphatic rings. The molecule has 2 amide bonds. The average Bonchev–Trinajstić information content (AvgIpc) is 3.22. The van der Waals surface area contributed by atoms with Crippen LogP contribution in [0.3, 0.4) is 0 Å². The molecule has 1 aromatic carbocycles. The molecule has 0 spiro atoms. The summed E-state index contributed by atoms with van der Waals surface area (Å²) in [7, 11) is -3.45. The van der Waals surface area contributed by atoms with Gasteiger partial charge in [0.15, 0.2) is 14.9 Å². The molecule has 0 saturated heterocycles. The van der Waals surface area contributed by atoms with E-state index in [0.29, 0.717) is 17.0 Å². The molecule has 180 valence electrons. The third-order valence-electron chi connectivity index (χ3n) is 6.05. The van der Waals surface area contributed by atoms with Crippen molar-refractivity contribution in [3.05, 3.63) is 65.1 Å². The number of anilines is 1. The lowest BCUT2D eigenvalue weighted by atomic mass is 10.0. The topological polar surface area (TPSA) is 97.2 Å². The van der Waals surface area contributed by atoms with E-state index >= 15 is 0 Å². The lowest BCUT2D eigenvalue weighted by Crippen LogP contribution is -2.48. The van der Waals surface area contributed by atoms with Gasteiger partial charge in [0.1, 0.15) is 0 Å². The molecule has 0 bridgehead atoms. The van der Waals surface area contributed by atoms with Crippen molar-refractivity contribution in [2.24, 2.45) is 0 Å². The Labute approximate surface area is 204 Å². The Morgan fingerprint density at radius 3 is 2.68 bits per heavy atom. The van der Waals surface area contributed by atoms with E-state index < -0.39 is 9.84 Å². The molecule has 1 N–H and O–H groups in total. The fraction of sp³-hybridized carbons (Fsp3) is 0.375. The van der Waals surface area contributed by atoms with E-state index in [1.54, 1.807) is 23.2 Å². The van der Waals surface area contributed by atoms with Crippen LogP contribution in [0, 0.1) is 0 Å². The minimum Gasteiger partial charge on any atom is -0.331 e. The van der Waals surface area contributed by atoms with Crippen LogP contribution in [0.25, 0.3) is 5.69 Å². The molecule has 0 radical (unpaired) electrons. The van der Waals surface area contributed by atoms with Crippen molar-refractivity contribution in [3.63, 3.8) is 0 Å². The summed E-state index contributed by atoms with van der Waals surface area (Å²) in [6, 6.07) is 10.1. The standard InChI is InChI=1S/C24H28ClN5O3S/c1-4-5-20(17-12-13-26-23(14-17)34(3,32)33)28-24(31)29-16(2)6-11-21-22(29)15-27-30(21)19-9-7-18(25)8-10-19/h7-10,12-16,20H,4-6,11H2,1-3H3,(H,28,31). The highest BCUT2D eigenvalue weighted by Gasteiger charge is 2.32. The van der Waals surface area contributed by atoms with Gasteiger partial charge in [0.05, 0.1) is 29.3 Å². The van der Waals surface area contributed by atoms with Gasteiger partial charge >= 0.3 is 6.03 Å². The summed E-state index contributed by atoms with van der Waals surface area (Å²) in [5, 5.41) is 8.32. The number of hydrogen-bond acceptors (Lipinski definition) is 5. The van der Waals surface area contributed by atoms with E-state index in [0.717, 1.165) is 42.6 Å². The molecule has 0 saturated carbocycles. The smallest absolute Gasteiger partial charge is 0.322 e. The number of halogens is 1. The van der Waals surface area contributed by atoms with Crippen LogP contribution < -0.4 is 10.2 Å². The van der Waals surface area contributed by atoms with Crippen LogP contribution in [0.2, 0.25) is 5.02 Å². The first kappa shape index (κ1) is 24.2. The molecule has 34 heavy (non-hydrogen) atoms. The van der Waals surface area contributed by atoms with Crippen LogP contribution in [0.4, 0.5) is 10.5 Å². The van der Waals surface area contributed by atoms with Crippen LogP contribution in [-0.2, 0) is 16.3 Å². The zero-order valence-corrected chi connectivity index (χ0v) is 21.0. The van der Waals surface area contributed by atoms with Crippen molar-refractivity contribution in [1.82, 2.24) is 20.1 Å². The second-order valence-electron chi connectivity index (χ2n) is 8.61. The maximum absolute atomic E-state index is 13.5. The number of sulfone groups is 1. The molecule has 2 unspecified atom stereocenters. The molecule has 8 nitrogen and oxygen atoms in total. The van der Waals surface area contributed by atoms with E-state index in [1.807, 2.05) is 42.8 Å². The minimum absolute atomic E-state index is 0.00165. The highest BCUT2D eigenvalue weighted by molar-refractivity contribution is 7.90. The molecule has 2 atom stereocenters. The summed E-state index contributed by atoms with van der Waals surface area (Å²) in [6.07, 6.45) is 7.40. The maximum Gasteiger partial charge on any atom is 0.322 e. The SMILES string of the molecule is CCCC(NC(=O)N1c2cnn(-c3ccc(Cl)cc3)c2CCC1C)c1ccnc(S(C)(=O)=O)c1. The Morgan fingerprint density at radius 1 is 1.26 bits per heavy atom. The van der Waals surface area contributed by atoms with Gasteiger partial charge in [-0.05, 0) is 68.1 Å². The number of fused-ring (bicyclic) bond motifs is 1. The third kappa shape index (κ3) is 4.95. The quantitative estimate of drug-likeness (QED) is 0.527. The Hall–Kier alpha value is -2.91. The summed E-state index contributed by atoms with van der Waals surface area (Å²) in [5.41, 5.74) is 3.33. The Balaban J connectivity index is 1.63. The van der Waals surface area contributed by atoms with Gasteiger partial charge in [0, 0.05) is 23.5 Å². The number of hydrogen-bond donors (Lipinski definition) is 1. The fourth-order valence-electron chi connectivity index (χ4n) is 4.30. The number of amides is 2. The van der Waals surface area contributed by atoms with E-state index in [-0.39, 0.29) is 23.1 Å². The first-order valence-electron chi connectivity index (χ1n) is 11.3. The Kier molecular flexibility index (Phi) is 6.95. The molecular formula is C24H28ClN5O3S. The molecular weight excluding hydrogens is 474 g/mol. The highest BCUT2D eigenvalue weighted by Crippen LogP contribution is 2.33. The van der Waals surface area contributed by atoms with Crippen LogP contribution in [0.1, 0.15) is 50.4 Å². The van der Waals surface area contributed by atoms with Gasteiger partial charge in [-0.1, -0.05) is 24.9 Å². The van der Waals surface area contributed by atoms with Crippen molar-refractivity contribution in [1.29, 1.82) is 0 Å². The van der Waals surface area contributed by atoms with Gasteiger partial charge < -0.3 is 5.32 Å². The summed E-state index contributed by atoms with van der Waals surface area (Å²) < 4.78 is 25.8. The van der Waals surface area contributed by atoms with E-state index in [2.05, 4.69) is 15.4 Å². The molecule has 3 aromatic rings. The summed E-state index contributed by atoms with van der Waals surface area (Å²) in [6.45, 7) is 4.04. The minimum atomic E-state index is -3.45. The first-order valence-corrected chi connectivity index (χ1v) is 13.5. The normalized spacial score (nSPS) is 16.7. The molecule has 4 rings (SSSR count). The summed E-state index contributed by atoms with van der Waals surface area (Å²) in [5.74, 6) is 0. The summed E-state index contributed by atoms with van der Waals surface area (Å²) in [4.78, 5) is 19.2. The van der Waals surface area contributed by atoms with E-state index in [1.165, 1.54) is 6.20 Å². The predicted octanol–water partition coefficient (Wildman–Crippen LogP) is 4.72. The van der Waals surface area contributed by atoms with Crippen molar-refractivity contribution < 1.29 is 13.2 Å². The van der Waals surface area contributed by atoms with Crippen molar-refractivity contribution in [3.8, 4) is 5.69 Å². The number of pyridine rings is 1. The molecule has 0 aliphatic carbocycles. The van der Waals surface area contributed by atoms with Gasteiger partial charge in [0.25, 0.3) is 0 Å². The molecule has 2 aromatic heterocycles. The predicted molar refractivity (Wildman–Crippen MR) is 132 cm³/mol. The van der Waals surface area contributed by atoms with Gasteiger partial charge in [-0.15, -0.1) is 0 Å². The molecule has 3 heterocycles. The zero-order chi connectivity index (χ0) is 24.5. The van der Waals surface area contributed by atoms with Gasteiger partial charge in [0.2, 0.25) is 0 Å². The summed E-state index contributed by atoms with van der Waals surface area (Å²) >= 11 is 6.03. The van der Waals surface area contributed by atoms with Crippen molar-refractivity contribution in [2.75, 3.05) is 11.2 Å². The maximum atomic E-state index is 13.5. The number of benzene rings is 1. The third-order valence-corrected chi connectivity index (χ3v) is 7.29. The van der Waals surface area contributed by atoms with Gasteiger partial charge in [-0.3, -0.25) is 4.90 Å². The lowest BCUT2D eigenvalue weighted by molar-refractivity contribution is 0.239. The molecule has 10 heteroatoms. The number of urea groups is 1. The number of aromatic nitrogens is 3. The van der Waals surface area contributed by atoms with Crippen molar-refractivity contribution in [2.45, 2.75) is 56.6 Å². The van der Waals surface area contributed by atoms with E-state index in [9.17, 15) is 13.2 Å². The number of nitrogens with one attached hydrogen (secondary N) is 1. The fourth-order valence-corrected chi connectivity index (χ4v) is 5.03.